The van der Waals surface area contributed by atoms with Gasteiger partial charge in [0.15, 0.2) is 5.03 Å². The molecule has 0 aromatic carbocycles. The molecular formula is C16H23N5O5S3. The van der Waals surface area contributed by atoms with Crippen LogP contribution in [0.1, 0.15) is 18.2 Å². The Bertz CT molecular complexity index is 1090. The molecule has 2 aromatic rings. The molecular weight excluding hydrogens is 438 g/mol. The Morgan fingerprint density at radius 1 is 1.10 bits per heavy atom. The first-order valence-corrected chi connectivity index (χ1v) is 12.6. The minimum absolute atomic E-state index is 0.0443. The average Bonchev–Trinajstić information content (AvgIpc) is 3.23. The number of hydrogen-bond acceptors (Lipinski definition) is 7. The van der Waals surface area contributed by atoms with E-state index in [4.69, 9.17) is 0 Å². The zero-order chi connectivity index (χ0) is 21.2. The van der Waals surface area contributed by atoms with Gasteiger partial charge in [-0.15, -0.1) is 11.3 Å². The van der Waals surface area contributed by atoms with E-state index < -0.39 is 20.0 Å². The van der Waals surface area contributed by atoms with Gasteiger partial charge in [0, 0.05) is 51.2 Å². The third kappa shape index (κ3) is 4.86. The summed E-state index contributed by atoms with van der Waals surface area (Å²) in [4.78, 5) is 15.7. The van der Waals surface area contributed by atoms with Crippen molar-refractivity contribution in [2.45, 2.75) is 29.1 Å². The van der Waals surface area contributed by atoms with Crippen molar-refractivity contribution in [2.24, 2.45) is 7.05 Å². The van der Waals surface area contributed by atoms with Crippen molar-refractivity contribution >= 4 is 37.3 Å². The van der Waals surface area contributed by atoms with Crippen molar-refractivity contribution in [3.8, 4) is 0 Å². The number of sulfonamides is 2. The van der Waals surface area contributed by atoms with Crippen molar-refractivity contribution in [2.75, 3.05) is 26.2 Å². The number of imidazole rings is 1. The quantitative estimate of drug-likeness (QED) is 0.656. The van der Waals surface area contributed by atoms with Crippen molar-refractivity contribution < 1.29 is 21.6 Å². The van der Waals surface area contributed by atoms with E-state index in [2.05, 4.69) is 10.3 Å². The summed E-state index contributed by atoms with van der Waals surface area (Å²) in [5.41, 5.74) is 0. The lowest BCUT2D eigenvalue weighted by Crippen LogP contribution is -2.37. The maximum Gasteiger partial charge on any atom is 0.262 e. The Labute approximate surface area is 174 Å². The second-order valence-electron chi connectivity index (χ2n) is 6.67. The molecule has 1 saturated heterocycles. The van der Waals surface area contributed by atoms with Crippen LogP contribution in [0.3, 0.4) is 0 Å². The van der Waals surface area contributed by atoms with Crippen LogP contribution in [-0.4, -0.2) is 67.1 Å². The van der Waals surface area contributed by atoms with Crippen LogP contribution in [0.2, 0.25) is 0 Å². The van der Waals surface area contributed by atoms with Crippen LogP contribution in [0.5, 0.6) is 0 Å². The van der Waals surface area contributed by atoms with Crippen molar-refractivity contribution in [3.05, 3.63) is 29.5 Å². The average molecular weight is 462 g/mol. The summed E-state index contributed by atoms with van der Waals surface area (Å²) in [6.45, 7) is 2.24. The first kappa shape index (κ1) is 21.9. The summed E-state index contributed by atoms with van der Waals surface area (Å²) >= 11 is 1.10. The summed E-state index contributed by atoms with van der Waals surface area (Å²) < 4.78 is 55.8. The van der Waals surface area contributed by atoms with Gasteiger partial charge in [-0.25, -0.2) is 21.8 Å². The maximum absolute atomic E-state index is 13.0. The highest BCUT2D eigenvalue weighted by Crippen LogP contribution is 2.26. The predicted octanol–water partition coefficient (Wildman–Crippen LogP) is 0.203. The lowest BCUT2D eigenvalue weighted by molar-refractivity contribution is -0.119. The first-order chi connectivity index (χ1) is 13.6. The van der Waals surface area contributed by atoms with E-state index in [-0.39, 0.29) is 47.9 Å². The van der Waals surface area contributed by atoms with Gasteiger partial charge in [-0.3, -0.25) is 4.79 Å². The van der Waals surface area contributed by atoms with Crippen LogP contribution in [0.4, 0.5) is 0 Å². The second kappa shape index (κ2) is 8.52. The molecule has 29 heavy (non-hydrogen) atoms. The number of hydrogen-bond donors (Lipinski definition) is 1. The van der Waals surface area contributed by atoms with Crippen LogP contribution >= 0.6 is 11.3 Å². The number of aryl methyl sites for hydroxylation is 1. The van der Waals surface area contributed by atoms with Crippen molar-refractivity contribution in [1.82, 2.24) is 23.5 Å². The van der Waals surface area contributed by atoms with Crippen molar-refractivity contribution in [1.29, 1.82) is 0 Å². The molecule has 13 heteroatoms. The highest BCUT2D eigenvalue weighted by molar-refractivity contribution is 7.91. The van der Waals surface area contributed by atoms with Crippen LogP contribution in [0, 0.1) is 0 Å². The summed E-state index contributed by atoms with van der Waals surface area (Å²) in [6.07, 6.45) is 3.23. The molecule has 0 aliphatic carbocycles. The SMILES string of the molecule is CC(=O)NCc1ccc(S(=O)(=O)N2CCCN(S(=O)(=O)c3cn(C)cn3)CC2)s1. The maximum atomic E-state index is 13.0. The number of rotatable bonds is 6. The van der Waals surface area contributed by atoms with E-state index in [1.54, 1.807) is 17.7 Å². The van der Waals surface area contributed by atoms with E-state index in [1.165, 1.54) is 34.1 Å². The fourth-order valence-corrected chi connectivity index (χ4v) is 7.29. The molecule has 0 atom stereocenters. The minimum atomic E-state index is -3.77. The molecule has 1 fully saturated rings. The number of nitrogens with one attached hydrogen (secondary N) is 1. The molecule has 3 rings (SSSR count). The number of carbonyl (C=O) groups is 1. The Morgan fingerprint density at radius 2 is 1.76 bits per heavy atom. The molecule has 1 aliphatic rings. The third-order valence-corrected chi connectivity index (χ3v) is 9.68. The lowest BCUT2D eigenvalue weighted by Gasteiger charge is -2.20. The minimum Gasteiger partial charge on any atom is -0.351 e. The second-order valence-corrected chi connectivity index (χ2v) is 11.9. The molecule has 1 aliphatic heterocycles. The lowest BCUT2D eigenvalue weighted by atomic mass is 10.4. The monoisotopic (exact) mass is 461 g/mol. The Kier molecular flexibility index (Phi) is 6.43. The summed E-state index contributed by atoms with van der Waals surface area (Å²) in [6, 6.07) is 3.19. The normalized spacial score (nSPS) is 17.2. The van der Waals surface area contributed by atoms with Gasteiger partial charge < -0.3 is 9.88 Å². The zero-order valence-corrected chi connectivity index (χ0v) is 18.6. The molecule has 10 nitrogen and oxygen atoms in total. The van der Waals surface area contributed by atoms with E-state index >= 15 is 0 Å². The van der Waals surface area contributed by atoms with Crippen LogP contribution in [0.25, 0.3) is 0 Å². The number of aromatic nitrogens is 2. The standard InChI is InChI=1S/C16H23N5O5S3/c1-13(22)17-10-14-4-5-16(27-14)29(25,26)21-7-3-6-20(8-9-21)28(23,24)15-11-19(2)12-18-15/h4-5,11-12H,3,6-10H2,1-2H3,(H,17,22). The van der Waals surface area contributed by atoms with Gasteiger partial charge in [-0.1, -0.05) is 0 Å². The van der Waals surface area contributed by atoms with Crippen molar-refractivity contribution in [3.63, 3.8) is 0 Å². The van der Waals surface area contributed by atoms with Gasteiger partial charge >= 0.3 is 0 Å². The highest BCUT2D eigenvalue weighted by atomic mass is 32.2. The van der Waals surface area contributed by atoms with E-state index in [0.29, 0.717) is 6.42 Å². The van der Waals surface area contributed by atoms with Gasteiger partial charge in [0.25, 0.3) is 20.0 Å². The van der Waals surface area contributed by atoms with Gasteiger partial charge in [0.2, 0.25) is 5.91 Å². The molecule has 3 heterocycles. The molecule has 1 amide bonds. The molecule has 0 spiro atoms. The highest BCUT2D eigenvalue weighted by Gasteiger charge is 2.33. The molecule has 0 bridgehead atoms. The first-order valence-electron chi connectivity index (χ1n) is 8.92. The fourth-order valence-electron chi connectivity index (χ4n) is 2.94. The fraction of sp³-hybridized carbons (Fsp3) is 0.500. The molecule has 0 radical (unpaired) electrons. The van der Waals surface area contributed by atoms with Crippen LogP contribution < -0.4 is 5.32 Å². The Hall–Kier alpha value is -1.80. The zero-order valence-electron chi connectivity index (χ0n) is 16.1. The molecule has 2 aromatic heterocycles. The smallest absolute Gasteiger partial charge is 0.262 e. The third-order valence-electron chi connectivity index (χ3n) is 4.44. The van der Waals surface area contributed by atoms with E-state index in [1.807, 2.05) is 0 Å². The van der Waals surface area contributed by atoms with Gasteiger partial charge in [-0.2, -0.15) is 8.61 Å². The van der Waals surface area contributed by atoms with Crippen LogP contribution in [0.15, 0.2) is 33.9 Å². The van der Waals surface area contributed by atoms with Gasteiger partial charge in [0.1, 0.15) is 4.21 Å². The number of thiophene rings is 1. The summed E-state index contributed by atoms with van der Waals surface area (Å²) in [7, 11) is -5.82. The van der Waals surface area contributed by atoms with Gasteiger partial charge in [-0.05, 0) is 18.6 Å². The van der Waals surface area contributed by atoms with E-state index in [0.717, 1.165) is 16.2 Å². The Morgan fingerprint density at radius 3 is 2.34 bits per heavy atom. The number of nitrogens with zero attached hydrogens (tertiary/aromatic N) is 4. The van der Waals surface area contributed by atoms with Crippen LogP contribution in [-0.2, 0) is 38.4 Å². The number of carbonyl (C=O) groups excluding carboxylic acids is 1. The topological polar surface area (TPSA) is 122 Å². The summed E-state index contributed by atoms with van der Waals surface area (Å²) in [5.74, 6) is -0.190. The van der Waals surface area contributed by atoms with Gasteiger partial charge in [0.05, 0.1) is 12.9 Å². The largest absolute Gasteiger partial charge is 0.351 e. The molecule has 160 valence electrons. The summed E-state index contributed by atoms with van der Waals surface area (Å²) in [5, 5.41) is 2.59. The number of amides is 1. The predicted molar refractivity (Wildman–Crippen MR) is 107 cm³/mol. The molecule has 0 saturated carbocycles. The Balaban J connectivity index is 1.72. The molecule has 1 N–H and O–H groups in total. The molecule has 0 unspecified atom stereocenters. The van der Waals surface area contributed by atoms with E-state index in [9.17, 15) is 21.6 Å².